The lowest BCUT2D eigenvalue weighted by molar-refractivity contribution is 0.0982. The van der Waals surface area contributed by atoms with Crippen molar-refractivity contribution in [1.82, 2.24) is 10.1 Å². The molecule has 30 heavy (non-hydrogen) atoms. The highest BCUT2D eigenvalue weighted by Crippen LogP contribution is 2.46. The second kappa shape index (κ2) is 7.11. The van der Waals surface area contributed by atoms with E-state index < -0.39 is 0 Å². The molecule has 148 valence electrons. The van der Waals surface area contributed by atoms with E-state index in [9.17, 15) is 4.79 Å². The third-order valence-corrected chi connectivity index (χ3v) is 7.32. The van der Waals surface area contributed by atoms with Gasteiger partial charge in [0.15, 0.2) is 0 Å². The lowest BCUT2D eigenvalue weighted by Gasteiger charge is -2.22. The number of carbonyl (C=O) groups excluding carboxylic acids is 1. The molecular formula is C23H17N3O2S2. The van der Waals surface area contributed by atoms with Crippen LogP contribution in [0, 0.1) is 0 Å². The standard InChI is InChI=1S/C23H17N3O2S2/c27-23-17-5-1-2-6-19(17)30-20-12-14(7-10-18(20)26(23)15-8-9-15)22-24-21(28-25-22)13-16-4-3-11-29-16/h1-7,10-12,15H,8-9,13H2. The number of amides is 1. The van der Waals surface area contributed by atoms with Crippen molar-refractivity contribution in [1.29, 1.82) is 0 Å². The summed E-state index contributed by atoms with van der Waals surface area (Å²) in [5.74, 6) is 1.27. The van der Waals surface area contributed by atoms with Crippen molar-refractivity contribution in [2.45, 2.75) is 35.1 Å². The minimum Gasteiger partial charge on any atom is -0.339 e. The number of rotatable bonds is 4. The van der Waals surface area contributed by atoms with Crippen molar-refractivity contribution in [3.05, 3.63) is 76.3 Å². The zero-order valence-corrected chi connectivity index (χ0v) is 17.6. The average Bonchev–Trinajstić information content (AvgIpc) is 3.28. The van der Waals surface area contributed by atoms with E-state index in [0.29, 0.717) is 18.1 Å². The number of anilines is 1. The predicted molar refractivity (Wildman–Crippen MR) is 117 cm³/mol. The van der Waals surface area contributed by atoms with E-state index in [2.05, 4.69) is 22.3 Å². The van der Waals surface area contributed by atoms with Gasteiger partial charge in [-0.3, -0.25) is 4.79 Å². The van der Waals surface area contributed by atoms with Crippen molar-refractivity contribution < 1.29 is 9.32 Å². The van der Waals surface area contributed by atoms with Gasteiger partial charge in [0.25, 0.3) is 5.91 Å². The van der Waals surface area contributed by atoms with Crippen molar-refractivity contribution in [2.75, 3.05) is 4.90 Å². The number of carbonyl (C=O) groups is 1. The Morgan fingerprint density at radius 1 is 1.07 bits per heavy atom. The van der Waals surface area contributed by atoms with Crippen LogP contribution < -0.4 is 4.90 Å². The SMILES string of the molecule is O=C1c2ccccc2Sc2cc(-c3noc(Cc4cccs4)n3)ccc2N1C1CC1. The molecule has 0 N–H and O–H groups in total. The third kappa shape index (κ3) is 3.14. The molecule has 1 aliphatic heterocycles. The van der Waals surface area contributed by atoms with Gasteiger partial charge >= 0.3 is 0 Å². The highest BCUT2D eigenvalue weighted by molar-refractivity contribution is 7.99. The summed E-state index contributed by atoms with van der Waals surface area (Å²) in [6.07, 6.45) is 2.75. The molecule has 6 rings (SSSR count). The molecule has 0 bridgehead atoms. The summed E-state index contributed by atoms with van der Waals surface area (Å²) >= 11 is 3.31. The van der Waals surface area contributed by atoms with Gasteiger partial charge in [0.2, 0.25) is 11.7 Å². The maximum atomic E-state index is 13.3. The van der Waals surface area contributed by atoms with Gasteiger partial charge in [0.1, 0.15) is 0 Å². The summed E-state index contributed by atoms with van der Waals surface area (Å²) < 4.78 is 5.48. The van der Waals surface area contributed by atoms with E-state index in [1.165, 1.54) is 4.88 Å². The van der Waals surface area contributed by atoms with Gasteiger partial charge in [-0.25, -0.2) is 0 Å². The molecular weight excluding hydrogens is 414 g/mol. The fourth-order valence-corrected chi connectivity index (χ4v) is 5.53. The second-order valence-corrected chi connectivity index (χ2v) is 9.57. The van der Waals surface area contributed by atoms with Crippen LogP contribution in [0.15, 0.2) is 74.3 Å². The van der Waals surface area contributed by atoms with E-state index in [-0.39, 0.29) is 11.9 Å². The first-order valence-electron chi connectivity index (χ1n) is 9.86. The fraction of sp³-hybridized carbons (Fsp3) is 0.174. The highest BCUT2D eigenvalue weighted by atomic mass is 32.2. The maximum absolute atomic E-state index is 13.3. The van der Waals surface area contributed by atoms with Gasteiger partial charge < -0.3 is 9.42 Å². The number of hydrogen-bond acceptors (Lipinski definition) is 6. The molecule has 2 aromatic carbocycles. The van der Waals surface area contributed by atoms with Gasteiger partial charge in [0, 0.05) is 26.3 Å². The van der Waals surface area contributed by atoms with E-state index in [1.807, 2.05) is 52.7 Å². The molecule has 0 saturated heterocycles. The minimum atomic E-state index is 0.0879. The van der Waals surface area contributed by atoms with E-state index >= 15 is 0 Å². The summed E-state index contributed by atoms with van der Waals surface area (Å²) in [7, 11) is 0. The van der Waals surface area contributed by atoms with Crippen LogP contribution in [0.5, 0.6) is 0 Å². The second-order valence-electron chi connectivity index (χ2n) is 7.45. The normalized spacial score (nSPS) is 15.6. The molecule has 7 heteroatoms. The van der Waals surface area contributed by atoms with Crippen molar-refractivity contribution in [3.8, 4) is 11.4 Å². The molecule has 0 radical (unpaired) electrons. The summed E-state index contributed by atoms with van der Waals surface area (Å²) in [6, 6.07) is 18.3. The van der Waals surface area contributed by atoms with E-state index in [1.54, 1.807) is 23.1 Å². The molecule has 2 aliphatic rings. The molecule has 5 nitrogen and oxygen atoms in total. The molecule has 1 amide bonds. The Labute approximate surface area is 181 Å². The summed E-state index contributed by atoms with van der Waals surface area (Å²) in [5, 5.41) is 6.24. The molecule has 0 spiro atoms. The van der Waals surface area contributed by atoms with Gasteiger partial charge in [-0.2, -0.15) is 4.98 Å². The Kier molecular flexibility index (Phi) is 4.24. The summed E-state index contributed by atoms with van der Waals surface area (Å²) in [6.45, 7) is 0. The Hall–Kier alpha value is -2.90. The first kappa shape index (κ1) is 17.9. The van der Waals surface area contributed by atoms with Crippen LogP contribution in [0.25, 0.3) is 11.4 Å². The molecule has 1 fully saturated rings. The van der Waals surface area contributed by atoms with Gasteiger partial charge in [-0.1, -0.05) is 35.1 Å². The van der Waals surface area contributed by atoms with E-state index in [4.69, 9.17) is 4.52 Å². The number of benzene rings is 2. The third-order valence-electron chi connectivity index (χ3n) is 5.32. The summed E-state index contributed by atoms with van der Waals surface area (Å²) in [5.41, 5.74) is 2.63. The molecule has 4 aromatic rings. The number of fused-ring (bicyclic) bond motifs is 2. The van der Waals surface area contributed by atoms with Crippen LogP contribution in [0.3, 0.4) is 0 Å². The van der Waals surface area contributed by atoms with Gasteiger partial charge in [-0.05, 0) is 54.6 Å². The largest absolute Gasteiger partial charge is 0.339 e. The van der Waals surface area contributed by atoms with E-state index in [0.717, 1.165) is 39.4 Å². The number of hydrogen-bond donors (Lipinski definition) is 0. The Bertz CT molecular complexity index is 1250. The molecule has 0 unspecified atom stereocenters. The Morgan fingerprint density at radius 3 is 2.80 bits per heavy atom. The molecule has 0 atom stereocenters. The number of aromatic nitrogens is 2. The van der Waals surface area contributed by atoms with Crippen LogP contribution in [0.1, 0.15) is 34.0 Å². The number of thiophene rings is 1. The Morgan fingerprint density at radius 2 is 1.97 bits per heavy atom. The van der Waals surface area contributed by atoms with Crippen LogP contribution in [0.2, 0.25) is 0 Å². The maximum Gasteiger partial charge on any atom is 0.259 e. The quantitative estimate of drug-likeness (QED) is 0.417. The van der Waals surface area contributed by atoms with Crippen LogP contribution in [-0.2, 0) is 6.42 Å². The van der Waals surface area contributed by atoms with Gasteiger partial charge in [-0.15, -0.1) is 11.3 Å². The molecule has 3 heterocycles. The van der Waals surface area contributed by atoms with Crippen molar-refractivity contribution in [2.24, 2.45) is 0 Å². The summed E-state index contributed by atoms with van der Waals surface area (Å²) in [4.78, 5) is 23.0. The Balaban J connectivity index is 1.39. The minimum absolute atomic E-state index is 0.0879. The first-order chi connectivity index (χ1) is 14.8. The van der Waals surface area contributed by atoms with Crippen LogP contribution >= 0.6 is 23.1 Å². The van der Waals surface area contributed by atoms with Crippen molar-refractivity contribution >= 4 is 34.7 Å². The topological polar surface area (TPSA) is 59.2 Å². The predicted octanol–water partition coefficient (Wildman–Crippen LogP) is 5.66. The monoisotopic (exact) mass is 431 g/mol. The fourth-order valence-electron chi connectivity index (χ4n) is 3.73. The number of nitrogens with zero attached hydrogens (tertiary/aromatic N) is 3. The highest BCUT2D eigenvalue weighted by Gasteiger charge is 2.38. The first-order valence-corrected chi connectivity index (χ1v) is 11.6. The molecule has 2 aromatic heterocycles. The zero-order valence-electron chi connectivity index (χ0n) is 15.9. The van der Waals surface area contributed by atoms with Crippen molar-refractivity contribution in [3.63, 3.8) is 0 Å². The average molecular weight is 432 g/mol. The molecule has 1 saturated carbocycles. The van der Waals surface area contributed by atoms with Gasteiger partial charge in [0.05, 0.1) is 17.7 Å². The molecule has 1 aliphatic carbocycles. The van der Waals surface area contributed by atoms with Crippen LogP contribution in [-0.4, -0.2) is 22.1 Å². The zero-order chi connectivity index (χ0) is 20.1. The lowest BCUT2D eigenvalue weighted by Crippen LogP contribution is -2.32. The smallest absolute Gasteiger partial charge is 0.259 e. The van der Waals surface area contributed by atoms with Crippen LogP contribution in [0.4, 0.5) is 5.69 Å². The lowest BCUT2D eigenvalue weighted by atomic mass is 10.1.